The van der Waals surface area contributed by atoms with Gasteiger partial charge in [-0.05, 0) is 31.6 Å². The molecule has 1 saturated carbocycles. The fraction of sp³-hybridized carbons (Fsp3) is 0.833. The third kappa shape index (κ3) is 5.73. The van der Waals surface area contributed by atoms with Crippen molar-refractivity contribution < 1.29 is 19.8 Å². The predicted octanol–water partition coefficient (Wildman–Crippen LogP) is 0.862. The number of aliphatic hydroxyl groups is 1. The molecule has 6 heteroatoms. The lowest BCUT2D eigenvalue weighted by Gasteiger charge is -2.34. The summed E-state index contributed by atoms with van der Waals surface area (Å²) in [5, 5.41) is 21.3. The smallest absolute Gasteiger partial charge is 0.313 e. The van der Waals surface area contributed by atoms with Crippen LogP contribution < -0.4 is 5.32 Å². The number of carboxylic acids is 1. The number of nitrogens with one attached hydrogen (secondary N) is 1. The first kappa shape index (κ1) is 15.3. The predicted molar refractivity (Wildman–Crippen MR) is 70.6 cm³/mol. The van der Waals surface area contributed by atoms with Crippen LogP contribution in [0.3, 0.4) is 0 Å². The van der Waals surface area contributed by atoms with Crippen LogP contribution >= 0.6 is 11.8 Å². The number of rotatable bonds is 6. The van der Waals surface area contributed by atoms with E-state index in [2.05, 4.69) is 12.2 Å². The van der Waals surface area contributed by atoms with Crippen LogP contribution in [0.25, 0.3) is 0 Å². The van der Waals surface area contributed by atoms with E-state index in [1.165, 1.54) is 0 Å². The molecule has 0 spiro atoms. The maximum Gasteiger partial charge on any atom is 0.313 e. The number of carbonyl (C=O) groups excluding carboxylic acids is 1. The first-order chi connectivity index (χ1) is 8.41. The molecule has 0 bridgehead atoms. The highest BCUT2D eigenvalue weighted by molar-refractivity contribution is 8.00. The molecule has 104 valence electrons. The summed E-state index contributed by atoms with van der Waals surface area (Å²) >= 11 is 1.06. The van der Waals surface area contributed by atoms with Crippen molar-refractivity contribution in [2.24, 2.45) is 5.92 Å². The Balaban J connectivity index is 2.19. The van der Waals surface area contributed by atoms with Gasteiger partial charge in [0.15, 0.2) is 0 Å². The maximum atomic E-state index is 11.4. The lowest BCUT2D eigenvalue weighted by Crippen LogP contribution is -2.45. The number of carbonyl (C=O) groups is 2. The summed E-state index contributed by atoms with van der Waals surface area (Å²) in [6.07, 6.45) is 3.41. The highest BCUT2D eigenvalue weighted by atomic mass is 32.2. The molecule has 0 aromatic carbocycles. The minimum absolute atomic E-state index is 0.0742. The van der Waals surface area contributed by atoms with Crippen molar-refractivity contribution in [1.82, 2.24) is 5.32 Å². The second-order valence-corrected chi connectivity index (χ2v) is 6.06. The van der Waals surface area contributed by atoms with Crippen LogP contribution in [-0.4, -0.2) is 45.7 Å². The SMILES string of the molecule is CC1CCC(O)(CNC(=O)CSCC(=O)O)CC1. The van der Waals surface area contributed by atoms with E-state index >= 15 is 0 Å². The Morgan fingerprint density at radius 1 is 1.33 bits per heavy atom. The molecule has 0 radical (unpaired) electrons. The molecule has 3 N–H and O–H groups in total. The van der Waals surface area contributed by atoms with Gasteiger partial charge in [0.05, 0.1) is 17.1 Å². The zero-order valence-electron chi connectivity index (χ0n) is 10.6. The summed E-state index contributed by atoms with van der Waals surface area (Å²) in [7, 11) is 0. The van der Waals surface area contributed by atoms with Gasteiger partial charge in [-0.15, -0.1) is 11.8 Å². The minimum Gasteiger partial charge on any atom is -0.481 e. The van der Waals surface area contributed by atoms with Gasteiger partial charge >= 0.3 is 5.97 Å². The molecule has 1 rings (SSSR count). The largest absolute Gasteiger partial charge is 0.481 e. The molecule has 1 fully saturated rings. The van der Waals surface area contributed by atoms with Crippen LogP contribution in [0.4, 0.5) is 0 Å². The van der Waals surface area contributed by atoms with Crippen molar-refractivity contribution in [2.45, 2.75) is 38.2 Å². The molecule has 18 heavy (non-hydrogen) atoms. The lowest BCUT2D eigenvalue weighted by molar-refractivity contribution is -0.133. The Morgan fingerprint density at radius 3 is 2.50 bits per heavy atom. The minimum atomic E-state index is -0.923. The monoisotopic (exact) mass is 275 g/mol. The van der Waals surface area contributed by atoms with Gasteiger partial charge in [0.1, 0.15) is 0 Å². The van der Waals surface area contributed by atoms with Gasteiger partial charge in [-0.1, -0.05) is 6.92 Å². The molecular weight excluding hydrogens is 254 g/mol. The molecule has 1 amide bonds. The molecule has 1 aliphatic rings. The number of thioether (sulfide) groups is 1. The van der Waals surface area contributed by atoms with Crippen molar-refractivity contribution >= 4 is 23.6 Å². The van der Waals surface area contributed by atoms with Crippen molar-refractivity contribution in [3.63, 3.8) is 0 Å². The van der Waals surface area contributed by atoms with Gasteiger partial charge in [-0.3, -0.25) is 9.59 Å². The average Bonchev–Trinajstić information content (AvgIpc) is 2.31. The zero-order valence-corrected chi connectivity index (χ0v) is 11.5. The van der Waals surface area contributed by atoms with E-state index in [0.717, 1.165) is 37.4 Å². The molecular formula is C12H21NO4S. The fourth-order valence-corrected chi connectivity index (χ4v) is 2.59. The molecule has 0 atom stereocenters. The van der Waals surface area contributed by atoms with Crippen molar-refractivity contribution in [2.75, 3.05) is 18.1 Å². The number of aliphatic carboxylic acids is 1. The van der Waals surface area contributed by atoms with Gasteiger partial charge in [0.25, 0.3) is 0 Å². The number of amides is 1. The lowest BCUT2D eigenvalue weighted by atomic mass is 9.79. The second kappa shape index (κ2) is 6.99. The zero-order chi connectivity index (χ0) is 13.6. The molecule has 0 aliphatic heterocycles. The van der Waals surface area contributed by atoms with Crippen molar-refractivity contribution in [3.05, 3.63) is 0 Å². The van der Waals surface area contributed by atoms with E-state index in [-0.39, 0.29) is 24.0 Å². The van der Waals surface area contributed by atoms with Crippen LogP contribution in [0.15, 0.2) is 0 Å². The van der Waals surface area contributed by atoms with E-state index in [9.17, 15) is 14.7 Å². The fourth-order valence-electron chi connectivity index (χ4n) is 2.02. The van der Waals surface area contributed by atoms with E-state index in [1.54, 1.807) is 0 Å². The topological polar surface area (TPSA) is 86.6 Å². The van der Waals surface area contributed by atoms with Crippen molar-refractivity contribution in [1.29, 1.82) is 0 Å². The van der Waals surface area contributed by atoms with Gasteiger partial charge in [0, 0.05) is 6.54 Å². The highest BCUT2D eigenvalue weighted by Crippen LogP contribution is 2.31. The quantitative estimate of drug-likeness (QED) is 0.669. The van der Waals surface area contributed by atoms with Crippen LogP contribution in [0.2, 0.25) is 0 Å². The first-order valence-corrected chi connectivity index (χ1v) is 7.35. The number of carboxylic acid groups (broad SMARTS) is 1. The molecule has 5 nitrogen and oxygen atoms in total. The normalized spacial score (nSPS) is 27.8. The third-order valence-electron chi connectivity index (χ3n) is 3.28. The summed E-state index contributed by atoms with van der Waals surface area (Å²) in [5.41, 5.74) is -0.778. The molecule has 0 saturated heterocycles. The number of hydrogen-bond acceptors (Lipinski definition) is 4. The molecule has 0 unspecified atom stereocenters. The van der Waals surface area contributed by atoms with Crippen LogP contribution in [-0.2, 0) is 9.59 Å². The Hall–Kier alpha value is -0.750. The Bertz CT molecular complexity index is 300. The van der Waals surface area contributed by atoms with Crippen LogP contribution in [0.1, 0.15) is 32.6 Å². The van der Waals surface area contributed by atoms with E-state index in [1.807, 2.05) is 0 Å². The van der Waals surface area contributed by atoms with E-state index < -0.39 is 11.6 Å². The van der Waals surface area contributed by atoms with Crippen molar-refractivity contribution in [3.8, 4) is 0 Å². The standard InChI is InChI=1S/C12H21NO4S/c1-9-2-4-12(17,5-3-9)8-13-10(14)6-18-7-11(15)16/h9,17H,2-8H2,1H3,(H,13,14)(H,15,16). The van der Waals surface area contributed by atoms with Gasteiger partial charge < -0.3 is 15.5 Å². The summed E-state index contributed by atoms with van der Waals surface area (Å²) < 4.78 is 0. The second-order valence-electron chi connectivity index (χ2n) is 5.07. The Labute approximate surface area is 111 Å². The summed E-state index contributed by atoms with van der Waals surface area (Å²) in [5.74, 6) is -0.443. The number of hydrogen-bond donors (Lipinski definition) is 3. The molecule has 0 aromatic heterocycles. The summed E-state index contributed by atoms with van der Waals surface area (Å²) in [6.45, 7) is 2.44. The maximum absolute atomic E-state index is 11.4. The summed E-state index contributed by atoms with van der Waals surface area (Å²) in [4.78, 5) is 21.7. The molecule has 1 aliphatic carbocycles. The van der Waals surface area contributed by atoms with Crippen LogP contribution in [0, 0.1) is 5.92 Å². The van der Waals surface area contributed by atoms with Gasteiger partial charge in [0.2, 0.25) is 5.91 Å². The van der Waals surface area contributed by atoms with Gasteiger partial charge in [-0.25, -0.2) is 0 Å². The van der Waals surface area contributed by atoms with E-state index in [0.29, 0.717) is 5.92 Å². The Morgan fingerprint density at radius 2 is 1.94 bits per heavy atom. The Kier molecular flexibility index (Phi) is 5.95. The summed E-state index contributed by atoms with van der Waals surface area (Å²) in [6, 6.07) is 0. The van der Waals surface area contributed by atoms with Gasteiger partial charge in [-0.2, -0.15) is 0 Å². The van der Waals surface area contributed by atoms with Crippen LogP contribution in [0.5, 0.6) is 0 Å². The highest BCUT2D eigenvalue weighted by Gasteiger charge is 2.31. The first-order valence-electron chi connectivity index (χ1n) is 6.20. The molecule has 0 heterocycles. The average molecular weight is 275 g/mol. The third-order valence-corrected chi connectivity index (χ3v) is 4.20. The van der Waals surface area contributed by atoms with E-state index in [4.69, 9.17) is 5.11 Å². The molecule has 0 aromatic rings.